The van der Waals surface area contributed by atoms with Gasteiger partial charge in [-0.05, 0) is 24.8 Å². The van der Waals surface area contributed by atoms with Crippen LogP contribution in [0.25, 0.3) is 0 Å². The van der Waals surface area contributed by atoms with Crippen LogP contribution in [0.2, 0.25) is 0 Å². The first-order chi connectivity index (χ1) is 12.0. The number of hydrogen-bond acceptors (Lipinski definition) is 5. The van der Waals surface area contributed by atoms with E-state index >= 15 is 0 Å². The van der Waals surface area contributed by atoms with Gasteiger partial charge in [0.2, 0.25) is 0 Å². The van der Waals surface area contributed by atoms with Gasteiger partial charge in [-0.25, -0.2) is 4.98 Å². The number of aryl methyl sites for hydroxylation is 1. The van der Waals surface area contributed by atoms with Crippen molar-refractivity contribution in [1.82, 2.24) is 14.5 Å². The van der Waals surface area contributed by atoms with E-state index in [-0.39, 0.29) is 22.9 Å². The Morgan fingerprint density at radius 1 is 1.48 bits per heavy atom. The third-order valence-electron chi connectivity index (χ3n) is 4.62. The number of phenolic OH excluding ortho intramolecular Hbond substituents is 1. The standard InChI is InChI=1S/C17H20N4O4/c1-19-8-6-18-16(19)9-12-3-2-7-20(11-12)17(23)14-5-4-13(21(24)25)10-15(14)22/h4-6,8,10,12,22H,2-3,7,9,11H2,1H3/t12-/m1/s1. The molecule has 1 aliphatic rings. The van der Waals surface area contributed by atoms with Gasteiger partial charge in [0.15, 0.2) is 0 Å². The average Bonchev–Trinajstić information content (AvgIpc) is 2.99. The highest BCUT2D eigenvalue weighted by molar-refractivity contribution is 5.97. The van der Waals surface area contributed by atoms with Gasteiger partial charge < -0.3 is 14.6 Å². The molecule has 0 aliphatic carbocycles. The summed E-state index contributed by atoms with van der Waals surface area (Å²) in [6, 6.07) is 3.57. The molecule has 1 N–H and O–H groups in total. The van der Waals surface area contributed by atoms with Gasteiger partial charge in [0.1, 0.15) is 11.6 Å². The number of phenols is 1. The minimum Gasteiger partial charge on any atom is -0.507 e. The van der Waals surface area contributed by atoms with Crippen molar-refractivity contribution >= 4 is 11.6 Å². The summed E-state index contributed by atoms with van der Waals surface area (Å²) < 4.78 is 1.98. The lowest BCUT2D eigenvalue weighted by molar-refractivity contribution is -0.384. The molecule has 0 unspecified atom stereocenters. The third-order valence-corrected chi connectivity index (χ3v) is 4.62. The van der Waals surface area contributed by atoms with Gasteiger partial charge >= 0.3 is 0 Å². The van der Waals surface area contributed by atoms with Crippen molar-refractivity contribution in [3.63, 3.8) is 0 Å². The van der Waals surface area contributed by atoms with Gasteiger partial charge in [-0.15, -0.1) is 0 Å². The quantitative estimate of drug-likeness (QED) is 0.676. The van der Waals surface area contributed by atoms with Gasteiger partial charge in [-0.2, -0.15) is 0 Å². The number of rotatable bonds is 4. The fraction of sp³-hybridized carbons (Fsp3) is 0.412. The van der Waals surface area contributed by atoms with Crippen molar-refractivity contribution in [3.8, 4) is 5.75 Å². The predicted octanol–water partition coefficient (Wildman–Crippen LogP) is 2.13. The normalized spacial score (nSPS) is 17.5. The summed E-state index contributed by atoms with van der Waals surface area (Å²) in [4.78, 5) is 28.9. The first-order valence-corrected chi connectivity index (χ1v) is 8.18. The molecular weight excluding hydrogens is 324 g/mol. The molecule has 25 heavy (non-hydrogen) atoms. The summed E-state index contributed by atoms with van der Waals surface area (Å²) in [5.41, 5.74) is -0.136. The smallest absolute Gasteiger partial charge is 0.273 e. The third kappa shape index (κ3) is 3.62. The average molecular weight is 344 g/mol. The van der Waals surface area contributed by atoms with Crippen LogP contribution in [0.15, 0.2) is 30.6 Å². The van der Waals surface area contributed by atoms with Crippen LogP contribution < -0.4 is 0 Å². The Morgan fingerprint density at radius 3 is 2.92 bits per heavy atom. The second kappa shape index (κ2) is 6.92. The lowest BCUT2D eigenvalue weighted by Crippen LogP contribution is -2.40. The van der Waals surface area contributed by atoms with Gasteiger partial charge in [0.05, 0.1) is 16.6 Å². The largest absolute Gasteiger partial charge is 0.507 e. The second-order valence-electron chi connectivity index (χ2n) is 6.38. The highest BCUT2D eigenvalue weighted by Gasteiger charge is 2.27. The van der Waals surface area contributed by atoms with E-state index in [4.69, 9.17) is 0 Å². The van der Waals surface area contributed by atoms with E-state index in [0.29, 0.717) is 19.0 Å². The molecule has 1 fully saturated rings. The van der Waals surface area contributed by atoms with Crippen molar-refractivity contribution < 1.29 is 14.8 Å². The molecule has 132 valence electrons. The van der Waals surface area contributed by atoms with E-state index in [1.807, 2.05) is 17.8 Å². The number of amides is 1. The first-order valence-electron chi connectivity index (χ1n) is 8.18. The Balaban J connectivity index is 1.71. The summed E-state index contributed by atoms with van der Waals surface area (Å²) in [6.45, 7) is 1.20. The molecule has 8 heteroatoms. The van der Waals surface area contributed by atoms with Crippen molar-refractivity contribution in [3.05, 3.63) is 52.1 Å². The summed E-state index contributed by atoms with van der Waals surface area (Å²) >= 11 is 0. The van der Waals surface area contributed by atoms with Gasteiger partial charge in [0, 0.05) is 45.0 Å². The van der Waals surface area contributed by atoms with E-state index in [0.717, 1.165) is 31.2 Å². The van der Waals surface area contributed by atoms with Crippen molar-refractivity contribution in [2.75, 3.05) is 13.1 Å². The minimum atomic E-state index is -0.599. The molecule has 0 bridgehead atoms. The fourth-order valence-electron chi connectivity index (χ4n) is 3.25. The molecule has 1 aromatic carbocycles. The number of benzene rings is 1. The van der Waals surface area contributed by atoms with Crippen LogP contribution in [0.5, 0.6) is 5.75 Å². The Hall–Kier alpha value is -2.90. The molecule has 2 aromatic rings. The number of likely N-dealkylation sites (tertiary alicyclic amines) is 1. The van der Waals surface area contributed by atoms with Crippen LogP contribution in [0.3, 0.4) is 0 Å². The van der Waals surface area contributed by atoms with E-state index in [1.54, 1.807) is 11.1 Å². The zero-order chi connectivity index (χ0) is 18.0. The van der Waals surface area contributed by atoms with Gasteiger partial charge in [0.25, 0.3) is 11.6 Å². The van der Waals surface area contributed by atoms with Crippen LogP contribution in [0.1, 0.15) is 29.0 Å². The number of aromatic hydroxyl groups is 1. The highest BCUT2D eigenvalue weighted by atomic mass is 16.6. The molecule has 1 saturated heterocycles. The van der Waals surface area contributed by atoms with Crippen LogP contribution in [0.4, 0.5) is 5.69 Å². The Kier molecular flexibility index (Phi) is 4.69. The number of non-ortho nitro benzene ring substituents is 1. The number of carbonyl (C=O) groups is 1. The number of nitro benzene ring substituents is 1. The van der Waals surface area contributed by atoms with Crippen molar-refractivity contribution in [1.29, 1.82) is 0 Å². The van der Waals surface area contributed by atoms with Crippen molar-refractivity contribution in [2.24, 2.45) is 13.0 Å². The first kappa shape index (κ1) is 16.9. The Labute approximate surface area is 144 Å². The molecule has 2 heterocycles. The number of hydrogen-bond donors (Lipinski definition) is 1. The lowest BCUT2D eigenvalue weighted by Gasteiger charge is -2.32. The summed E-state index contributed by atoms with van der Waals surface area (Å²) in [5, 5.41) is 20.7. The number of imidazole rings is 1. The van der Waals surface area contributed by atoms with E-state index in [9.17, 15) is 20.0 Å². The van der Waals surface area contributed by atoms with E-state index in [2.05, 4.69) is 4.98 Å². The summed E-state index contributed by atoms with van der Waals surface area (Å²) in [5.74, 6) is 0.638. The van der Waals surface area contributed by atoms with Crippen LogP contribution in [-0.2, 0) is 13.5 Å². The minimum absolute atomic E-state index is 0.100. The number of piperidine rings is 1. The maximum absolute atomic E-state index is 12.7. The second-order valence-corrected chi connectivity index (χ2v) is 6.38. The molecule has 8 nitrogen and oxygen atoms in total. The molecule has 3 rings (SSSR count). The lowest BCUT2D eigenvalue weighted by atomic mass is 9.94. The van der Waals surface area contributed by atoms with Crippen molar-refractivity contribution in [2.45, 2.75) is 19.3 Å². The van der Waals surface area contributed by atoms with Gasteiger partial charge in [-0.3, -0.25) is 14.9 Å². The zero-order valence-corrected chi connectivity index (χ0v) is 14.0. The van der Waals surface area contributed by atoms with E-state index in [1.165, 1.54) is 12.1 Å². The van der Waals surface area contributed by atoms with E-state index < -0.39 is 4.92 Å². The maximum atomic E-state index is 12.7. The summed E-state index contributed by atoms with van der Waals surface area (Å²) in [6.07, 6.45) is 6.35. The van der Waals surface area contributed by atoms with Crippen LogP contribution >= 0.6 is 0 Å². The predicted molar refractivity (Wildman–Crippen MR) is 90.3 cm³/mol. The SMILES string of the molecule is Cn1ccnc1C[C@H]1CCCN(C(=O)c2ccc([N+](=O)[O-])cc2O)C1. The highest BCUT2D eigenvalue weighted by Crippen LogP contribution is 2.27. The number of carbonyl (C=O) groups excluding carboxylic acids is 1. The molecule has 0 spiro atoms. The Morgan fingerprint density at radius 2 is 2.28 bits per heavy atom. The zero-order valence-electron chi connectivity index (χ0n) is 14.0. The van der Waals surface area contributed by atoms with Crippen LogP contribution in [0, 0.1) is 16.0 Å². The molecule has 1 aliphatic heterocycles. The molecule has 1 aromatic heterocycles. The number of aromatic nitrogens is 2. The molecule has 0 radical (unpaired) electrons. The molecule has 1 atom stereocenters. The molecular formula is C17H20N4O4. The monoisotopic (exact) mass is 344 g/mol. The van der Waals surface area contributed by atoms with Crippen LogP contribution in [-0.4, -0.2) is 43.5 Å². The number of nitrogens with zero attached hydrogens (tertiary/aromatic N) is 4. The topological polar surface area (TPSA) is 102 Å². The molecule has 1 amide bonds. The number of nitro groups is 1. The van der Waals surface area contributed by atoms with Gasteiger partial charge in [-0.1, -0.05) is 0 Å². The fourth-order valence-corrected chi connectivity index (χ4v) is 3.25. The Bertz CT molecular complexity index is 802. The summed E-state index contributed by atoms with van der Waals surface area (Å²) in [7, 11) is 1.95. The molecule has 0 saturated carbocycles. The maximum Gasteiger partial charge on any atom is 0.273 e.